The number of benzene rings is 1. The molecule has 1 amide bonds. The van der Waals surface area contributed by atoms with Crippen LogP contribution < -0.4 is 11.1 Å². The first-order chi connectivity index (χ1) is 19.4. The number of rotatable bonds is 13. The number of esters is 1. The summed E-state index contributed by atoms with van der Waals surface area (Å²) in [4.78, 5) is 37.1. The molecule has 0 saturated carbocycles. The van der Waals surface area contributed by atoms with Crippen molar-refractivity contribution < 1.29 is 24.2 Å². The summed E-state index contributed by atoms with van der Waals surface area (Å²) in [6, 6.07) is 6.82. The maximum atomic E-state index is 12.9. The SMILES string of the molecule is COC(=O)C(Cc1ccccc1)NC(=O)[C@@H](N)C(C/C=C(C)/C=C/C=C(C)/C=C/C1=C(C)CCCC1(C)C)C(=O)O. The summed E-state index contributed by atoms with van der Waals surface area (Å²) in [6.07, 6.45) is 15.8. The van der Waals surface area contributed by atoms with Gasteiger partial charge in [-0.1, -0.05) is 97.4 Å². The zero-order valence-electron chi connectivity index (χ0n) is 25.3. The molecule has 1 aromatic rings. The molecule has 1 aliphatic rings. The molecule has 222 valence electrons. The van der Waals surface area contributed by atoms with E-state index >= 15 is 0 Å². The molecule has 2 rings (SSSR count). The van der Waals surface area contributed by atoms with Crippen molar-refractivity contribution >= 4 is 17.8 Å². The number of nitrogens with one attached hydrogen (secondary N) is 1. The van der Waals surface area contributed by atoms with Gasteiger partial charge in [-0.05, 0) is 63.0 Å². The minimum absolute atomic E-state index is 0.0623. The number of carbonyl (C=O) groups excluding carboxylic acids is 2. The van der Waals surface area contributed by atoms with Gasteiger partial charge in [0.2, 0.25) is 5.91 Å². The second-order valence-corrected chi connectivity index (χ2v) is 11.5. The number of nitrogens with two attached hydrogens (primary N) is 1. The number of hydrogen-bond donors (Lipinski definition) is 3. The largest absolute Gasteiger partial charge is 0.481 e. The Morgan fingerprint density at radius 1 is 1.12 bits per heavy atom. The van der Waals surface area contributed by atoms with E-state index in [-0.39, 0.29) is 18.3 Å². The second-order valence-electron chi connectivity index (χ2n) is 11.5. The topological polar surface area (TPSA) is 119 Å². The molecular formula is C34H46N2O5. The lowest BCUT2D eigenvalue weighted by Gasteiger charge is -2.32. The highest BCUT2D eigenvalue weighted by Crippen LogP contribution is 2.40. The number of methoxy groups -OCH3 is 1. The van der Waals surface area contributed by atoms with E-state index in [2.05, 4.69) is 38.2 Å². The summed E-state index contributed by atoms with van der Waals surface area (Å²) in [7, 11) is 1.23. The van der Waals surface area contributed by atoms with Gasteiger partial charge in [0, 0.05) is 6.42 Å². The molecule has 1 aliphatic carbocycles. The molecule has 7 heteroatoms. The van der Waals surface area contributed by atoms with Crippen LogP contribution in [0.25, 0.3) is 0 Å². The number of hydrogen-bond acceptors (Lipinski definition) is 5. The number of carbonyl (C=O) groups is 3. The lowest BCUT2D eigenvalue weighted by Crippen LogP contribution is -2.53. The van der Waals surface area contributed by atoms with Gasteiger partial charge in [-0.15, -0.1) is 0 Å². The Kier molecular flexibility index (Phi) is 13.0. The van der Waals surface area contributed by atoms with E-state index in [1.165, 1.54) is 31.1 Å². The molecule has 0 fully saturated rings. The fourth-order valence-electron chi connectivity index (χ4n) is 5.05. The Hall–Kier alpha value is -3.71. The van der Waals surface area contributed by atoms with E-state index in [0.29, 0.717) is 0 Å². The molecule has 1 aromatic carbocycles. The predicted molar refractivity (Wildman–Crippen MR) is 164 cm³/mol. The number of carboxylic acid groups (broad SMARTS) is 1. The molecular weight excluding hydrogens is 516 g/mol. The maximum Gasteiger partial charge on any atom is 0.328 e. The van der Waals surface area contributed by atoms with Crippen molar-refractivity contribution in [3.05, 3.63) is 94.6 Å². The fourth-order valence-corrected chi connectivity index (χ4v) is 5.05. The predicted octanol–water partition coefficient (Wildman–Crippen LogP) is 5.84. The summed E-state index contributed by atoms with van der Waals surface area (Å²) in [5.41, 5.74) is 11.9. The lowest BCUT2D eigenvalue weighted by molar-refractivity contribution is -0.147. The molecule has 2 unspecified atom stereocenters. The van der Waals surface area contributed by atoms with E-state index in [1.807, 2.05) is 62.4 Å². The molecule has 0 heterocycles. The van der Waals surface area contributed by atoms with Crippen LogP contribution in [0.5, 0.6) is 0 Å². The highest BCUT2D eigenvalue weighted by atomic mass is 16.5. The van der Waals surface area contributed by atoms with E-state index in [0.717, 1.165) is 23.1 Å². The van der Waals surface area contributed by atoms with Crippen LogP contribution in [0.3, 0.4) is 0 Å². The van der Waals surface area contributed by atoms with Crippen molar-refractivity contribution in [1.29, 1.82) is 0 Å². The molecule has 0 bridgehead atoms. The molecule has 4 N–H and O–H groups in total. The van der Waals surface area contributed by atoms with Crippen LogP contribution in [0.2, 0.25) is 0 Å². The quantitative estimate of drug-likeness (QED) is 0.205. The van der Waals surface area contributed by atoms with Crippen LogP contribution >= 0.6 is 0 Å². The Labute approximate surface area is 244 Å². The first-order valence-corrected chi connectivity index (χ1v) is 14.2. The number of allylic oxidation sites excluding steroid dienone is 10. The number of aliphatic carboxylic acids is 1. The van der Waals surface area contributed by atoms with Gasteiger partial charge >= 0.3 is 11.9 Å². The van der Waals surface area contributed by atoms with Crippen LogP contribution in [-0.4, -0.2) is 42.1 Å². The van der Waals surface area contributed by atoms with Crippen LogP contribution in [-0.2, 0) is 25.5 Å². The molecule has 3 atom stereocenters. The monoisotopic (exact) mass is 562 g/mol. The van der Waals surface area contributed by atoms with Gasteiger partial charge in [0.15, 0.2) is 0 Å². The highest BCUT2D eigenvalue weighted by Gasteiger charge is 2.33. The van der Waals surface area contributed by atoms with Gasteiger partial charge in [0.05, 0.1) is 19.1 Å². The number of amides is 1. The Balaban J connectivity index is 2.03. The van der Waals surface area contributed by atoms with E-state index in [4.69, 9.17) is 10.5 Å². The van der Waals surface area contributed by atoms with Crippen molar-refractivity contribution in [2.45, 2.75) is 78.8 Å². The average molecular weight is 563 g/mol. The van der Waals surface area contributed by atoms with Crippen LogP contribution in [0.1, 0.15) is 65.9 Å². The van der Waals surface area contributed by atoms with Crippen molar-refractivity contribution in [2.24, 2.45) is 17.1 Å². The summed E-state index contributed by atoms with van der Waals surface area (Å²) in [5, 5.41) is 12.4. The smallest absolute Gasteiger partial charge is 0.328 e. The Morgan fingerprint density at radius 3 is 2.41 bits per heavy atom. The number of ether oxygens (including phenoxy) is 1. The number of carboxylic acids is 1. The van der Waals surface area contributed by atoms with Crippen molar-refractivity contribution in [2.75, 3.05) is 7.11 Å². The minimum Gasteiger partial charge on any atom is -0.481 e. The average Bonchev–Trinajstić information content (AvgIpc) is 2.91. The van der Waals surface area contributed by atoms with Crippen molar-refractivity contribution in [3.8, 4) is 0 Å². The second kappa shape index (κ2) is 15.9. The van der Waals surface area contributed by atoms with E-state index in [9.17, 15) is 19.5 Å². The standard InChI is InChI=1S/C34H46N2O5/c1-23(12-10-13-24(2)18-20-28-25(3)14-11-21-34(28,4)5)17-19-27(32(38)39)30(35)31(37)36-29(33(40)41-6)22-26-15-8-7-9-16-26/h7-10,12-13,15-18,20,27,29-30H,11,14,19,21-22,35H2,1-6H3,(H,36,37)(H,38,39)/b12-10+,20-18+,23-17+,24-13+/t27?,29?,30-/m0/s1. The van der Waals surface area contributed by atoms with E-state index < -0.39 is 35.8 Å². The van der Waals surface area contributed by atoms with Crippen molar-refractivity contribution in [1.82, 2.24) is 5.32 Å². The van der Waals surface area contributed by atoms with Gasteiger partial charge < -0.3 is 20.9 Å². The lowest BCUT2D eigenvalue weighted by atomic mass is 9.72. The maximum absolute atomic E-state index is 12.9. The zero-order valence-corrected chi connectivity index (χ0v) is 25.3. The highest BCUT2D eigenvalue weighted by molar-refractivity contribution is 5.91. The van der Waals surface area contributed by atoms with Crippen LogP contribution in [0, 0.1) is 11.3 Å². The third-order valence-electron chi connectivity index (χ3n) is 7.61. The van der Waals surface area contributed by atoms with E-state index in [1.54, 1.807) is 6.08 Å². The van der Waals surface area contributed by atoms with Gasteiger partial charge in [-0.3, -0.25) is 9.59 Å². The summed E-state index contributed by atoms with van der Waals surface area (Å²) in [5.74, 6) is -3.70. The van der Waals surface area contributed by atoms with Crippen LogP contribution in [0.4, 0.5) is 0 Å². The first kappa shape index (κ1) is 33.5. The third-order valence-corrected chi connectivity index (χ3v) is 7.61. The molecule has 0 aliphatic heterocycles. The van der Waals surface area contributed by atoms with Gasteiger partial charge in [-0.2, -0.15) is 0 Å². The van der Waals surface area contributed by atoms with Gasteiger partial charge in [0.25, 0.3) is 0 Å². The molecule has 0 saturated heterocycles. The summed E-state index contributed by atoms with van der Waals surface area (Å²) >= 11 is 0. The van der Waals surface area contributed by atoms with Gasteiger partial charge in [0.1, 0.15) is 6.04 Å². The molecule has 0 radical (unpaired) electrons. The molecule has 0 aromatic heterocycles. The Bertz CT molecular complexity index is 1220. The summed E-state index contributed by atoms with van der Waals surface area (Å²) < 4.78 is 4.83. The summed E-state index contributed by atoms with van der Waals surface area (Å²) in [6.45, 7) is 10.7. The molecule has 41 heavy (non-hydrogen) atoms. The fraction of sp³-hybridized carbons (Fsp3) is 0.441. The zero-order chi connectivity index (χ0) is 30.6. The van der Waals surface area contributed by atoms with Crippen molar-refractivity contribution in [3.63, 3.8) is 0 Å². The normalized spacial score (nSPS) is 18.3. The van der Waals surface area contributed by atoms with Crippen LogP contribution in [0.15, 0.2) is 89.1 Å². The molecule has 7 nitrogen and oxygen atoms in total. The third kappa shape index (κ3) is 10.7. The van der Waals surface area contributed by atoms with Gasteiger partial charge in [-0.25, -0.2) is 4.79 Å². The Morgan fingerprint density at radius 2 is 1.80 bits per heavy atom. The first-order valence-electron chi connectivity index (χ1n) is 14.2. The molecule has 0 spiro atoms. The minimum atomic E-state index is -1.35.